The second kappa shape index (κ2) is 5.46. The number of hydrogen-bond donors (Lipinski definition) is 0. The van der Waals surface area contributed by atoms with Gasteiger partial charge in [0.05, 0.1) is 17.1 Å². The summed E-state index contributed by atoms with van der Waals surface area (Å²) >= 11 is 0. The summed E-state index contributed by atoms with van der Waals surface area (Å²) < 4.78 is 5.34. The van der Waals surface area contributed by atoms with Gasteiger partial charge < -0.3 is 4.74 Å². The van der Waals surface area contributed by atoms with Gasteiger partial charge in [-0.25, -0.2) is 0 Å². The number of ether oxygens (including phenoxy) is 1. The lowest BCUT2D eigenvalue weighted by Gasteiger charge is -2.06. The van der Waals surface area contributed by atoms with Crippen molar-refractivity contribution in [2.45, 2.75) is 26.9 Å². The molecule has 0 aromatic heterocycles. The van der Waals surface area contributed by atoms with Crippen LogP contribution in [0, 0.1) is 17.0 Å². The van der Waals surface area contributed by atoms with E-state index in [4.69, 9.17) is 4.74 Å². The van der Waals surface area contributed by atoms with Gasteiger partial charge in [-0.15, -0.1) is 0 Å². The Bertz CT molecular complexity index is 350. The topological polar surface area (TPSA) is 52.4 Å². The maximum atomic E-state index is 10.8. The number of hydrogen-bond acceptors (Lipinski definition) is 3. The first-order chi connectivity index (χ1) is 7.16. The first-order valence-electron chi connectivity index (χ1n) is 4.97. The van der Waals surface area contributed by atoms with E-state index in [-0.39, 0.29) is 10.6 Å². The van der Waals surface area contributed by atoms with E-state index in [1.165, 1.54) is 6.07 Å². The lowest BCUT2D eigenvalue weighted by atomic mass is 10.1. The molecular formula is C11H15NO3. The van der Waals surface area contributed by atoms with Gasteiger partial charge in [0.2, 0.25) is 0 Å². The predicted octanol–water partition coefficient (Wildman–Crippen LogP) is 2.83. The first kappa shape index (κ1) is 11.7. The van der Waals surface area contributed by atoms with Crippen molar-refractivity contribution in [1.82, 2.24) is 0 Å². The van der Waals surface area contributed by atoms with E-state index in [9.17, 15) is 10.1 Å². The minimum Gasteiger partial charge on any atom is -0.377 e. The molecule has 1 rings (SSSR count). The molecular weight excluding hydrogens is 194 g/mol. The molecule has 0 aliphatic heterocycles. The van der Waals surface area contributed by atoms with Crippen LogP contribution in [0.1, 0.15) is 24.5 Å². The Balaban J connectivity index is 2.87. The summed E-state index contributed by atoms with van der Waals surface area (Å²) in [5, 5.41) is 10.8. The fraction of sp³-hybridized carbons (Fsp3) is 0.455. The van der Waals surface area contributed by atoms with Crippen LogP contribution in [-0.4, -0.2) is 11.5 Å². The highest BCUT2D eigenvalue weighted by Gasteiger charge is 2.14. The Morgan fingerprint density at radius 2 is 2.20 bits per heavy atom. The highest BCUT2D eigenvalue weighted by molar-refractivity contribution is 5.44. The number of benzene rings is 1. The molecule has 4 nitrogen and oxygen atoms in total. The standard InChI is InChI=1S/C11H15NO3/c1-3-7-15-8-10-9(2)5-4-6-11(10)12(13)14/h4-6H,3,7-8H2,1-2H3. The summed E-state index contributed by atoms with van der Waals surface area (Å²) in [6.07, 6.45) is 0.916. The van der Waals surface area contributed by atoms with Gasteiger partial charge in [0.25, 0.3) is 5.69 Å². The van der Waals surface area contributed by atoms with E-state index in [1.807, 2.05) is 19.9 Å². The normalized spacial score (nSPS) is 10.3. The monoisotopic (exact) mass is 209 g/mol. The van der Waals surface area contributed by atoms with Crippen molar-refractivity contribution in [3.63, 3.8) is 0 Å². The fourth-order valence-corrected chi connectivity index (χ4v) is 1.36. The van der Waals surface area contributed by atoms with Gasteiger partial charge in [0.1, 0.15) is 0 Å². The molecule has 0 atom stereocenters. The van der Waals surface area contributed by atoms with E-state index in [0.717, 1.165) is 12.0 Å². The van der Waals surface area contributed by atoms with Crippen LogP contribution in [0.3, 0.4) is 0 Å². The fourth-order valence-electron chi connectivity index (χ4n) is 1.36. The summed E-state index contributed by atoms with van der Waals surface area (Å²) in [4.78, 5) is 10.4. The van der Waals surface area contributed by atoms with Crippen LogP contribution in [0.25, 0.3) is 0 Å². The Hall–Kier alpha value is -1.42. The van der Waals surface area contributed by atoms with E-state index < -0.39 is 0 Å². The highest BCUT2D eigenvalue weighted by atomic mass is 16.6. The van der Waals surface area contributed by atoms with Crippen molar-refractivity contribution in [2.75, 3.05) is 6.61 Å². The van der Waals surface area contributed by atoms with Crippen LogP contribution >= 0.6 is 0 Å². The van der Waals surface area contributed by atoms with Crippen molar-refractivity contribution >= 4 is 5.69 Å². The van der Waals surface area contributed by atoms with E-state index in [1.54, 1.807) is 6.07 Å². The van der Waals surface area contributed by atoms with Crippen molar-refractivity contribution in [3.8, 4) is 0 Å². The third-order valence-electron chi connectivity index (χ3n) is 2.18. The van der Waals surface area contributed by atoms with Gasteiger partial charge in [-0.2, -0.15) is 0 Å². The van der Waals surface area contributed by atoms with Gasteiger partial charge in [-0.3, -0.25) is 10.1 Å². The summed E-state index contributed by atoms with van der Waals surface area (Å²) in [5.74, 6) is 0. The summed E-state index contributed by atoms with van der Waals surface area (Å²) in [6, 6.07) is 5.06. The Labute approximate surface area is 89.0 Å². The SMILES string of the molecule is CCCOCc1c(C)cccc1[N+](=O)[O-]. The second-order valence-corrected chi connectivity index (χ2v) is 3.38. The molecule has 0 amide bonds. The molecule has 4 heteroatoms. The second-order valence-electron chi connectivity index (χ2n) is 3.38. The van der Waals surface area contributed by atoms with E-state index >= 15 is 0 Å². The number of aryl methyl sites for hydroxylation is 1. The number of rotatable bonds is 5. The molecule has 0 aliphatic rings. The van der Waals surface area contributed by atoms with Crippen LogP contribution in [0.4, 0.5) is 5.69 Å². The number of nitrogens with zero attached hydrogens (tertiary/aromatic N) is 1. The predicted molar refractivity (Wildman–Crippen MR) is 57.8 cm³/mol. The van der Waals surface area contributed by atoms with Gasteiger partial charge >= 0.3 is 0 Å². The van der Waals surface area contributed by atoms with Gasteiger partial charge in [0.15, 0.2) is 0 Å². The molecule has 0 saturated carbocycles. The Morgan fingerprint density at radius 1 is 1.47 bits per heavy atom. The minimum absolute atomic E-state index is 0.145. The summed E-state index contributed by atoms with van der Waals surface area (Å²) in [5.41, 5.74) is 1.72. The molecule has 0 unspecified atom stereocenters. The number of nitro groups is 1. The molecule has 82 valence electrons. The van der Waals surface area contributed by atoms with Crippen molar-refractivity contribution in [1.29, 1.82) is 0 Å². The van der Waals surface area contributed by atoms with Crippen LogP contribution in [0.2, 0.25) is 0 Å². The van der Waals surface area contributed by atoms with Gasteiger partial charge in [0, 0.05) is 12.7 Å². The molecule has 0 radical (unpaired) electrons. The summed E-state index contributed by atoms with van der Waals surface area (Å²) in [6.45, 7) is 4.81. The maximum absolute atomic E-state index is 10.8. The zero-order valence-corrected chi connectivity index (χ0v) is 9.03. The summed E-state index contributed by atoms with van der Waals surface area (Å²) in [7, 11) is 0. The molecule has 0 aliphatic carbocycles. The zero-order chi connectivity index (χ0) is 11.3. The Kier molecular flexibility index (Phi) is 4.24. The molecule has 1 aromatic rings. The van der Waals surface area contributed by atoms with E-state index in [0.29, 0.717) is 18.8 Å². The number of nitro benzene ring substituents is 1. The molecule has 0 fully saturated rings. The van der Waals surface area contributed by atoms with Crippen LogP contribution < -0.4 is 0 Å². The molecule has 0 bridgehead atoms. The smallest absolute Gasteiger partial charge is 0.275 e. The van der Waals surface area contributed by atoms with Gasteiger partial charge in [-0.1, -0.05) is 19.1 Å². The largest absolute Gasteiger partial charge is 0.377 e. The third-order valence-corrected chi connectivity index (χ3v) is 2.18. The average Bonchev–Trinajstić information content (AvgIpc) is 2.20. The minimum atomic E-state index is -0.363. The van der Waals surface area contributed by atoms with Crippen molar-refractivity contribution < 1.29 is 9.66 Å². The van der Waals surface area contributed by atoms with E-state index in [2.05, 4.69) is 0 Å². The average molecular weight is 209 g/mol. The maximum Gasteiger partial charge on any atom is 0.275 e. The van der Waals surface area contributed by atoms with Crippen LogP contribution in [0.5, 0.6) is 0 Å². The molecule has 15 heavy (non-hydrogen) atoms. The lowest BCUT2D eigenvalue weighted by molar-refractivity contribution is -0.386. The third kappa shape index (κ3) is 3.02. The molecule has 1 aromatic carbocycles. The molecule has 0 saturated heterocycles. The highest BCUT2D eigenvalue weighted by Crippen LogP contribution is 2.22. The molecule has 0 heterocycles. The van der Waals surface area contributed by atoms with Crippen LogP contribution in [0.15, 0.2) is 18.2 Å². The Morgan fingerprint density at radius 3 is 2.80 bits per heavy atom. The lowest BCUT2D eigenvalue weighted by Crippen LogP contribution is -2.01. The first-order valence-corrected chi connectivity index (χ1v) is 4.97. The van der Waals surface area contributed by atoms with Crippen molar-refractivity contribution in [2.24, 2.45) is 0 Å². The van der Waals surface area contributed by atoms with Crippen LogP contribution in [-0.2, 0) is 11.3 Å². The quantitative estimate of drug-likeness (QED) is 0.425. The van der Waals surface area contributed by atoms with Crippen molar-refractivity contribution in [3.05, 3.63) is 39.4 Å². The zero-order valence-electron chi connectivity index (χ0n) is 9.03. The van der Waals surface area contributed by atoms with Gasteiger partial charge in [-0.05, 0) is 18.9 Å². The molecule has 0 N–H and O–H groups in total. The molecule has 0 spiro atoms.